The van der Waals surface area contributed by atoms with Crippen molar-refractivity contribution in [3.63, 3.8) is 0 Å². The zero-order valence-electron chi connectivity index (χ0n) is 28.0. The number of fused-ring (bicyclic) bond motifs is 13. The molecule has 2 heteroatoms. The zero-order chi connectivity index (χ0) is 32.9. The minimum Gasteiger partial charge on any atom is -0.309 e. The van der Waals surface area contributed by atoms with Gasteiger partial charge in [-0.2, -0.15) is 0 Å². The van der Waals surface area contributed by atoms with E-state index in [0.29, 0.717) is 0 Å². The largest absolute Gasteiger partial charge is 0.309 e. The van der Waals surface area contributed by atoms with E-state index in [2.05, 4.69) is 182 Å². The predicted octanol–water partition coefficient (Wildman–Crippen LogP) is 13.0. The molecule has 0 saturated heterocycles. The second kappa shape index (κ2) is 10.3. The lowest BCUT2D eigenvalue weighted by molar-refractivity contribution is 0.511. The van der Waals surface area contributed by atoms with Crippen molar-refractivity contribution in [2.45, 2.75) is 32.6 Å². The summed E-state index contributed by atoms with van der Waals surface area (Å²) in [6, 6.07) is 56.2. The molecule has 2 aromatic heterocycles. The van der Waals surface area contributed by atoms with Crippen LogP contribution in [0.1, 0.15) is 32.8 Å². The predicted molar refractivity (Wildman–Crippen MR) is 211 cm³/mol. The van der Waals surface area contributed by atoms with Gasteiger partial charge in [0.2, 0.25) is 0 Å². The van der Waals surface area contributed by atoms with E-state index in [1.54, 1.807) is 0 Å². The van der Waals surface area contributed by atoms with E-state index in [-0.39, 0.29) is 5.41 Å². The maximum atomic E-state index is 2.55. The highest BCUT2D eigenvalue weighted by molar-refractivity contribution is 6.30. The molecule has 0 N–H and O–H groups in total. The Labute approximate surface area is 285 Å². The van der Waals surface area contributed by atoms with Crippen molar-refractivity contribution in [2.24, 2.45) is 0 Å². The zero-order valence-corrected chi connectivity index (χ0v) is 28.0. The number of benzene rings is 8. The molecule has 0 spiro atoms. The number of rotatable bonds is 4. The Morgan fingerprint density at radius 2 is 0.959 bits per heavy atom. The van der Waals surface area contributed by atoms with Crippen LogP contribution in [0.3, 0.4) is 0 Å². The summed E-state index contributed by atoms with van der Waals surface area (Å²) in [6.45, 7) is 7.10. The molecule has 10 aromatic rings. The van der Waals surface area contributed by atoms with Gasteiger partial charge in [0, 0.05) is 32.6 Å². The number of hydrogen-bond acceptors (Lipinski definition) is 0. The van der Waals surface area contributed by atoms with Gasteiger partial charge in [0.1, 0.15) is 0 Å². The molecule has 0 bridgehead atoms. The van der Waals surface area contributed by atoms with Crippen molar-refractivity contribution in [3.8, 4) is 11.4 Å². The Hall–Kier alpha value is -5.86. The molecule has 0 aliphatic carbocycles. The molecular weight excluding hydrogens is 593 g/mol. The van der Waals surface area contributed by atoms with Gasteiger partial charge >= 0.3 is 0 Å². The summed E-state index contributed by atoms with van der Waals surface area (Å²) >= 11 is 0. The first kappa shape index (κ1) is 28.2. The number of para-hydroxylation sites is 3. The van der Waals surface area contributed by atoms with Crippen LogP contribution in [0.4, 0.5) is 0 Å². The van der Waals surface area contributed by atoms with E-state index < -0.39 is 0 Å². The second-order valence-corrected chi connectivity index (χ2v) is 14.1. The van der Waals surface area contributed by atoms with Crippen LogP contribution in [-0.2, 0) is 5.41 Å². The third-order valence-corrected chi connectivity index (χ3v) is 11.2. The minimum atomic E-state index is 0.00557. The first-order chi connectivity index (χ1) is 24.1. The van der Waals surface area contributed by atoms with Gasteiger partial charge in [-0.25, -0.2) is 0 Å². The normalized spacial score (nSPS) is 12.5. The average molecular weight is 629 g/mol. The summed E-state index contributed by atoms with van der Waals surface area (Å²) in [7, 11) is 0. The smallest absolute Gasteiger partial charge is 0.0641 e. The molecule has 0 saturated carbocycles. The third-order valence-electron chi connectivity index (χ3n) is 11.2. The molecule has 0 fully saturated rings. The topological polar surface area (TPSA) is 9.86 Å². The summed E-state index contributed by atoms with van der Waals surface area (Å²) in [6.07, 6.45) is 1.06. The van der Waals surface area contributed by atoms with Crippen molar-refractivity contribution in [1.29, 1.82) is 0 Å². The lowest BCUT2D eigenvalue weighted by Gasteiger charge is -2.28. The maximum Gasteiger partial charge on any atom is 0.0641 e. The summed E-state index contributed by atoms with van der Waals surface area (Å²) in [4.78, 5) is 0. The fraction of sp³-hybridized carbons (Fsp3) is 0.106. The van der Waals surface area contributed by atoms with Gasteiger partial charge in [0.15, 0.2) is 0 Å². The van der Waals surface area contributed by atoms with Gasteiger partial charge in [0.25, 0.3) is 0 Å². The lowest BCUT2D eigenvalue weighted by atomic mass is 9.77. The molecule has 234 valence electrons. The van der Waals surface area contributed by atoms with E-state index in [4.69, 9.17) is 0 Å². The van der Waals surface area contributed by atoms with Crippen molar-refractivity contribution in [1.82, 2.24) is 9.13 Å². The Bertz CT molecular complexity index is 2940. The molecule has 0 aliphatic rings. The number of hydrogen-bond donors (Lipinski definition) is 0. The third kappa shape index (κ3) is 3.83. The summed E-state index contributed by atoms with van der Waals surface area (Å²) in [5, 5.41) is 13.0. The van der Waals surface area contributed by atoms with Crippen LogP contribution in [0.5, 0.6) is 0 Å². The fourth-order valence-electron chi connectivity index (χ4n) is 8.57. The van der Waals surface area contributed by atoms with Gasteiger partial charge in [-0.15, -0.1) is 0 Å². The summed E-state index contributed by atoms with van der Waals surface area (Å²) in [5.74, 6) is 0. The highest BCUT2D eigenvalue weighted by atomic mass is 15.0. The van der Waals surface area contributed by atoms with Crippen molar-refractivity contribution >= 4 is 75.9 Å². The Balaban J connectivity index is 1.45. The summed E-state index contributed by atoms with van der Waals surface area (Å²) in [5.41, 5.74) is 8.72. The van der Waals surface area contributed by atoms with Crippen LogP contribution in [0.15, 0.2) is 152 Å². The molecule has 2 heterocycles. The molecular formula is C47H36N2. The first-order valence-corrected chi connectivity index (χ1v) is 17.4. The Kier molecular flexibility index (Phi) is 5.93. The average Bonchev–Trinajstić information content (AvgIpc) is 3.67. The molecule has 0 amide bonds. The van der Waals surface area contributed by atoms with Crippen molar-refractivity contribution < 1.29 is 0 Å². The maximum absolute atomic E-state index is 2.55. The van der Waals surface area contributed by atoms with Crippen LogP contribution in [0.25, 0.3) is 87.3 Å². The van der Waals surface area contributed by atoms with E-state index in [9.17, 15) is 0 Å². The second-order valence-electron chi connectivity index (χ2n) is 14.1. The van der Waals surface area contributed by atoms with Crippen LogP contribution in [0.2, 0.25) is 0 Å². The van der Waals surface area contributed by atoms with Gasteiger partial charge in [-0.1, -0.05) is 136 Å². The Morgan fingerprint density at radius 3 is 1.63 bits per heavy atom. The fourth-order valence-corrected chi connectivity index (χ4v) is 8.57. The monoisotopic (exact) mass is 628 g/mol. The van der Waals surface area contributed by atoms with Crippen LogP contribution < -0.4 is 0 Å². The van der Waals surface area contributed by atoms with E-state index in [0.717, 1.165) is 6.42 Å². The van der Waals surface area contributed by atoms with Gasteiger partial charge in [0.05, 0.1) is 27.8 Å². The molecule has 0 radical (unpaired) electrons. The van der Waals surface area contributed by atoms with E-state index >= 15 is 0 Å². The van der Waals surface area contributed by atoms with Gasteiger partial charge < -0.3 is 9.13 Å². The highest BCUT2D eigenvalue weighted by Gasteiger charge is 2.27. The van der Waals surface area contributed by atoms with Crippen LogP contribution in [0, 0.1) is 0 Å². The SMILES string of the molecule is CCC(C)(C)c1ccc(-n2c3ccccc3c3c2ccc2c4ccccc4n(-c4ccccc4)c23)c2c3ccccc3c3ccccc3c12. The van der Waals surface area contributed by atoms with E-state index in [1.165, 1.54) is 92.9 Å². The van der Waals surface area contributed by atoms with Crippen molar-refractivity contribution in [2.75, 3.05) is 0 Å². The number of nitrogens with zero attached hydrogens (tertiary/aromatic N) is 2. The highest BCUT2D eigenvalue weighted by Crippen LogP contribution is 2.47. The molecule has 10 rings (SSSR count). The molecule has 2 nitrogen and oxygen atoms in total. The quantitative estimate of drug-likeness (QED) is 0.172. The standard InChI is InChI=1S/C47H36N2/c1-4-47(2,3)38-27-29-41(44-35-22-11-9-19-32(35)31-18-8-10-21-34(31)43(38)44)49-40-25-15-13-23-37(40)45-42(49)28-26-36-33-20-12-14-24-39(33)48(46(36)45)30-16-6-5-7-17-30/h5-29H,4H2,1-3H3. The van der Waals surface area contributed by atoms with E-state index in [1.807, 2.05) is 0 Å². The molecule has 49 heavy (non-hydrogen) atoms. The number of aromatic nitrogens is 2. The minimum absolute atomic E-state index is 0.00557. The molecule has 0 atom stereocenters. The van der Waals surface area contributed by atoms with Gasteiger partial charge in [-0.05, 0) is 80.7 Å². The molecule has 0 unspecified atom stereocenters. The van der Waals surface area contributed by atoms with Crippen molar-refractivity contribution in [3.05, 3.63) is 157 Å². The molecule has 8 aromatic carbocycles. The summed E-state index contributed by atoms with van der Waals surface area (Å²) < 4.78 is 5.01. The Morgan fingerprint density at radius 1 is 0.408 bits per heavy atom. The first-order valence-electron chi connectivity index (χ1n) is 17.4. The molecule has 0 aliphatic heterocycles. The van der Waals surface area contributed by atoms with Gasteiger partial charge in [-0.3, -0.25) is 0 Å². The van der Waals surface area contributed by atoms with Crippen LogP contribution in [-0.4, -0.2) is 9.13 Å². The lowest BCUT2D eigenvalue weighted by Crippen LogP contribution is -2.16. The van der Waals surface area contributed by atoms with Crippen LogP contribution >= 0.6 is 0 Å².